The average Bonchev–Trinajstić information content (AvgIpc) is 2.48. The van der Waals surface area contributed by atoms with Crippen LogP contribution >= 0.6 is 0 Å². The topological polar surface area (TPSA) is 26.3 Å². The first kappa shape index (κ1) is 15.5. The molecule has 23 heavy (non-hydrogen) atoms. The number of esters is 1. The van der Waals surface area contributed by atoms with E-state index >= 15 is 0 Å². The number of carbonyl (C=O) groups excluding carboxylic acids is 1. The molecule has 2 nitrogen and oxygen atoms in total. The second-order valence-corrected chi connectivity index (χ2v) is 9.12. The average molecular weight is 314 g/mol. The SMILES string of the molecule is C=C(C)[C@]1(OC(=O)C23CC4CC(CC(C4)C2)C3)CC=C(C)CC1. The van der Waals surface area contributed by atoms with Crippen LogP contribution in [0.1, 0.15) is 71.6 Å². The first-order chi connectivity index (χ1) is 10.9. The van der Waals surface area contributed by atoms with Gasteiger partial charge in [0, 0.05) is 6.42 Å². The van der Waals surface area contributed by atoms with Crippen molar-refractivity contribution in [2.75, 3.05) is 0 Å². The van der Waals surface area contributed by atoms with E-state index in [2.05, 4.69) is 19.6 Å². The molecule has 1 atom stereocenters. The molecule has 2 heteroatoms. The molecule has 0 aromatic heterocycles. The van der Waals surface area contributed by atoms with Crippen LogP contribution in [0.25, 0.3) is 0 Å². The molecule has 0 N–H and O–H groups in total. The summed E-state index contributed by atoms with van der Waals surface area (Å²) in [5, 5.41) is 0. The molecule has 0 aromatic carbocycles. The van der Waals surface area contributed by atoms with Crippen LogP contribution < -0.4 is 0 Å². The maximum absolute atomic E-state index is 13.3. The third kappa shape index (κ3) is 2.49. The van der Waals surface area contributed by atoms with Crippen LogP contribution in [0, 0.1) is 23.2 Å². The van der Waals surface area contributed by atoms with E-state index in [9.17, 15) is 4.79 Å². The van der Waals surface area contributed by atoms with Crippen molar-refractivity contribution < 1.29 is 9.53 Å². The fourth-order valence-corrected chi connectivity index (χ4v) is 6.16. The molecule has 0 amide bonds. The van der Waals surface area contributed by atoms with E-state index in [0.29, 0.717) is 0 Å². The minimum absolute atomic E-state index is 0.104. The number of hydrogen-bond acceptors (Lipinski definition) is 2. The highest BCUT2D eigenvalue weighted by molar-refractivity contribution is 5.78. The molecule has 5 rings (SSSR count). The highest BCUT2D eigenvalue weighted by Gasteiger charge is 2.56. The van der Waals surface area contributed by atoms with Crippen molar-refractivity contribution in [3.8, 4) is 0 Å². The van der Waals surface area contributed by atoms with Gasteiger partial charge in [0.1, 0.15) is 5.60 Å². The summed E-state index contributed by atoms with van der Waals surface area (Å²) in [6, 6.07) is 0. The van der Waals surface area contributed by atoms with E-state index in [0.717, 1.165) is 61.9 Å². The molecule has 4 fully saturated rings. The summed E-state index contributed by atoms with van der Waals surface area (Å²) in [5.41, 5.74) is 1.82. The minimum atomic E-state index is -0.445. The summed E-state index contributed by atoms with van der Waals surface area (Å²) in [5.74, 6) is 2.45. The Bertz CT molecular complexity index is 535. The van der Waals surface area contributed by atoms with Crippen molar-refractivity contribution in [3.63, 3.8) is 0 Å². The summed E-state index contributed by atoms with van der Waals surface area (Å²) in [7, 11) is 0. The zero-order chi connectivity index (χ0) is 16.2. The van der Waals surface area contributed by atoms with Crippen LogP contribution in [-0.2, 0) is 9.53 Å². The standard InChI is InChI=1S/C21H30O2/c1-14(2)21(6-4-15(3)5-7-21)23-19(22)20-11-16-8-17(12-20)10-18(9-16)13-20/h4,16-18H,1,5-13H2,2-3H3/t16?,17?,18?,20?,21-/m0/s1. The van der Waals surface area contributed by atoms with Gasteiger partial charge in [-0.3, -0.25) is 4.79 Å². The Labute approximate surface area is 140 Å². The number of carbonyl (C=O) groups is 1. The maximum Gasteiger partial charge on any atom is 0.312 e. The van der Waals surface area contributed by atoms with E-state index in [1.54, 1.807) is 0 Å². The van der Waals surface area contributed by atoms with E-state index < -0.39 is 5.60 Å². The monoisotopic (exact) mass is 314 g/mol. The van der Waals surface area contributed by atoms with Gasteiger partial charge in [-0.2, -0.15) is 0 Å². The molecular weight excluding hydrogens is 284 g/mol. The van der Waals surface area contributed by atoms with Crippen LogP contribution in [0.15, 0.2) is 23.8 Å². The van der Waals surface area contributed by atoms with Crippen molar-refractivity contribution in [3.05, 3.63) is 23.8 Å². The lowest BCUT2D eigenvalue weighted by atomic mass is 9.49. The molecule has 5 aliphatic carbocycles. The number of hydrogen-bond donors (Lipinski definition) is 0. The van der Waals surface area contributed by atoms with E-state index in [1.165, 1.54) is 24.8 Å². The van der Waals surface area contributed by atoms with Crippen molar-refractivity contribution in [1.82, 2.24) is 0 Å². The van der Waals surface area contributed by atoms with E-state index in [4.69, 9.17) is 4.74 Å². The fraction of sp³-hybridized carbons (Fsp3) is 0.762. The Morgan fingerprint density at radius 3 is 2.17 bits per heavy atom. The molecule has 126 valence electrons. The summed E-state index contributed by atoms with van der Waals surface area (Å²) >= 11 is 0. The van der Waals surface area contributed by atoms with Gasteiger partial charge in [-0.25, -0.2) is 0 Å². The normalized spacial score (nSPS) is 44.8. The Morgan fingerprint density at radius 2 is 1.74 bits per heavy atom. The Balaban J connectivity index is 1.56. The van der Waals surface area contributed by atoms with Gasteiger partial charge in [-0.1, -0.05) is 18.2 Å². The van der Waals surface area contributed by atoms with Gasteiger partial charge in [-0.05, 0) is 88.5 Å². The predicted molar refractivity (Wildman–Crippen MR) is 91.9 cm³/mol. The number of rotatable bonds is 3. The van der Waals surface area contributed by atoms with Gasteiger partial charge in [-0.15, -0.1) is 0 Å². The molecule has 4 bridgehead atoms. The van der Waals surface area contributed by atoms with Gasteiger partial charge < -0.3 is 4.74 Å². The van der Waals surface area contributed by atoms with Gasteiger partial charge in [0.2, 0.25) is 0 Å². The Hall–Kier alpha value is -1.05. The third-order valence-electron chi connectivity index (χ3n) is 7.24. The molecule has 0 saturated heterocycles. The molecule has 0 aromatic rings. The van der Waals surface area contributed by atoms with Crippen molar-refractivity contribution in [2.45, 2.75) is 77.2 Å². The lowest BCUT2D eigenvalue weighted by molar-refractivity contribution is -0.184. The predicted octanol–water partition coefficient (Wildman–Crippen LogP) is 5.19. The van der Waals surface area contributed by atoms with Crippen LogP contribution in [0.3, 0.4) is 0 Å². The summed E-state index contributed by atoms with van der Waals surface area (Å²) < 4.78 is 6.29. The van der Waals surface area contributed by atoms with E-state index in [-0.39, 0.29) is 11.4 Å². The van der Waals surface area contributed by atoms with Crippen molar-refractivity contribution in [1.29, 1.82) is 0 Å². The van der Waals surface area contributed by atoms with Gasteiger partial charge >= 0.3 is 5.97 Å². The first-order valence-electron chi connectivity index (χ1n) is 9.46. The summed E-state index contributed by atoms with van der Waals surface area (Å²) in [6.07, 6.45) is 12.3. The van der Waals surface area contributed by atoms with Crippen molar-refractivity contribution >= 4 is 5.97 Å². The van der Waals surface area contributed by atoms with Crippen LogP contribution in [0.5, 0.6) is 0 Å². The fourth-order valence-electron chi connectivity index (χ4n) is 6.16. The van der Waals surface area contributed by atoms with Crippen LogP contribution in [0.4, 0.5) is 0 Å². The third-order valence-corrected chi connectivity index (χ3v) is 7.24. The zero-order valence-electron chi connectivity index (χ0n) is 14.7. The summed E-state index contributed by atoms with van der Waals surface area (Å²) in [6.45, 7) is 8.37. The van der Waals surface area contributed by atoms with Gasteiger partial charge in [0.05, 0.1) is 5.41 Å². The van der Waals surface area contributed by atoms with Crippen LogP contribution in [0.2, 0.25) is 0 Å². The molecule has 5 aliphatic rings. The van der Waals surface area contributed by atoms with Gasteiger partial charge in [0.25, 0.3) is 0 Å². The Morgan fingerprint density at radius 1 is 1.17 bits per heavy atom. The van der Waals surface area contributed by atoms with Crippen LogP contribution in [-0.4, -0.2) is 11.6 Å². The lowest BCUT2D eigenvalue weighted by Crippen LogP contribution is -2.52. The van der Waals surface area contributed by atoms with Gasteiger partial charge in [0.15, 0.2) is 0 Å². The highest BCUT2D eigenvalue weighted by atomic mass is 16.6. The minimum Gasteiger partial charge on any atom is -0.454 e. The second kappa shape index (κ2) is 5.22. The number of ether oxygens (including phenoxy) is 1. The molecule has 0 unspecified atom stereocenters. The van der Waals surface area contributed by atoms with Crippen molar-refractivity contribution in [2.24, 2.45) is 23.2 Å². The molecule has 0 spiro atoms. The number of allylic oxidation sites excluding steroid dienone is 1. The largest absolute Gasteiger partial charge is 0.454 e. The zero-order valence-corrected chi connectivity index (χ0v) is 14.7. The maximum atomic E-state index is 13.3. The summed E-state index contributed by atoms with van der Waals surface area (Å²) in [4.78, 5) is 13.3. The second-order valence-electron chi connectivity index (χ2n) is 9.12. The first-order valence-corrected chi connectivity index (χ1v) is 9.46. The van der Waals surface area contributed by atoms with E-state index in [1.807, 2.05) is 6.92 Å². The molecule has 0 heterocycles. The quantitative estimate of drug-likeness (QED) is 0.529. The highest BCUT2D eigenvalue weighted by Crippen LogP contribution is 2.61. The molecule has 0 aliphatic heterocycles. The molecular formula is C21H30O2. The Kier molecular flexibility index (Phi) is 3.52. The molecule has 0 radical (unpaired) electrons. The lowest BCUT2D eigenvalue weighted by Gasteiger charge is -2.55. The smallest absolute Gasteiger partial charge is 0.312 e. The molecule has 4 saturated carbocycles.